The van der Waals surface area contributed by atoms with Gasteiger partial charge in [0.15, 0.2) is 4.77 Å². The number of carbonyl (C=O) groups excluding carboxylic acids is 1. The monoisotopic (exact) mass is 376 g/mol. The number of rotatable bonds is 6. The van der Waals surface area contributed by atoms with Crippen molar-refractivity contribution in [2.75, 3.05) is 13.1 Å². The molecule has 0 aliphatic carbocycles. The molecule has 0 spiro atoms. The Kier molecular flexibility index (Phi) is 6.02. The van der Waals surface area contributed by atoms with Crippen molar-refractivity contribution in [2.45, 2.75) is 6.92 Å². The lowest BCUT2D eigenvalue weighted by molar-refractivity contribution is -0.137. The van der Waals surface area contributed by atoms with Crippen molar-refractivity contribution in [3.05, 3.63) is 50.5 Å². The van der Waals surface area contributed by atoms with E-state index < -0.39 is 36.4 Å². The highest BCUT2D eigenvalue weighted by molar-refractivity contribution is 7.71. The number of aliphatic carboxylic acids is 1. The van der Waals surface area contributed by atoms with E-state index in [1.54, 1.807) is 12.1 Å². The lowest BCUT2D eigenvalue weighted by Gasteiger charge is -2.11. The Bertz CT molecular complexity index is 976. The Balaban J connectivity index is 2.31. The van der Waals surface area contributed by atoms with Crippen molar-refractivity contribution in [3.8, 4) is 11.6 Å². The fraction of sp³-hybridized carbons (Fsp3) is 0.188. The van der Waals surface area contributed by atoms with E-state index in [-0.39, 0.29) is 10.3 Å². The highest BCUT2D eigenvalue weighted by Gasteiger charge is 2.12. The predicted molar refractivity (Wildman–Crippen MR) is 96.7 cm³/mol. The van der Waals surface area contributed by atoms with E-state index in [4.69, 9.17) is 17.3 Å². The summed E-state index contributed by atoms with van der Waals surface area (Å²) < 4.78 is 1.27. The molecule has 26 heavy (non-hydrogen) atoms. The van der Waals surface area contributed by atoms with Gasteiger partial charge < -0.3 is 15.5 Å². The van der Waals surface area contributed by atoms with Crippen LogP contribution in [0.5, 0.6) is 5.88 Å². The average molecular weight is 376 g/mol. The molecule has 0 radical (unpaired) electrons. The molecule has 0 bridgehead atoms. The first-order valence-electron chi connectivity index (χ1n) is 7.43. The van der Waals surface area contributed by atoms with E-state index in [1.807, 2.05) is 19.1 Å². The Morgan fingerprint density at radius 1 is 1.35 bits per heavy atom. The molecule has 1 amide bonds. The number of benzene rings is 1. The number of aromatic hydroxyl groups is 1. The summed E-state index contributed by atoms with van der Waals surface area (Å²) in [5.74, 6) is -2.24. The maximum absolute atomic E-state index is 12.0. The third-order valence-corrected chi connectivity index (χ3v) is 3.59. The van der Waals surface area contributed by atoms with Crippen LogP contribution in [0.25, 0.3) is 5.69 Å². The second-order valence-corrected chi connectivity index (χ2v) is 5.69. The predicted octanol–water partition coefficient (Wildman–Crippen LogP) is 0.529. The maximum Gasteiger partial charge on any atom is 0.322 e. The minimum Gasteiger partial charge on any atom is -0.494 e. The van der Waals surface area contributed by atoms with E-state index in [9.17, 15) is 19.5 Å². The third kappa shape index (κ3) is 4.63. The summed E-state index contributed by atoms with van der Waals surface area (Å²) in [6, 6.07) is 7.09. The summed E-state index contributed by atoms with van der Waals surface area (Å²) >= 11 is 5.10. The van der Waals surface area contributed by atoms with Crippen LogP contribution in [0.1, 0.15) is 11.1 Å². The average Bonchev–Trinajstić information content (AvgIpc) is 2.57. The number of amides is 1. The molecule has 2 aromatic rings. The van der Waals surface area contributed by atoms with Gasteiger partial charge in [-0.05, 0) is 31.3 Å². The number of aromatic amines is 1. The van der Waals surface area contributed by atoms with Gasteiger partial charge in [0.2, 0.25) is 11.8 Å². The molecular weight excluding hydrogens is 360 g/mol. The number of H-pyrrole nitrogens is 1. The van der Waals surface area contributed by atoms with Gasteiger partial charge >= 0.3 is 5.97 Å². The largest absolute Gasteiger partial charge is 0.494 e. The van der Waals surface area contributed by atoms with Crippen LogP contribution in [0.3, 0.4) is 0 Å². The van der Waals surface area contributed by atoms with Gasteiger partial charge in [0.1, 0.15) is 18.7 Å². The number of carbonyl (C=O) groups is 2. The number of carboxylic acid groups (broad SMARTS) is 1. The zero-order valence-electron chi connectivity index (χ0n) is 13.7. The number of carboxylic acids is 1. The third-order valence-electron chi connectivity index (χ3n) is 3.31. The zero-order valence-corrected chi connectivity index (χ0v) is 14.5. The summed E-state index contributed by atoms with van der Waals surface area (Å²) in [6.07, 6.45) is 1.04. The van der Waals surface area contributed by atoms with Crippen molar-refractivity contribution >= 4 is 30.3 Å². The van der Waals surface area contributed by atoms with Gasteiger partial charge in [0.25, 0.3) is 5.56 Å². The number of hydrogen-bond donors (Lipinski definition) is 4. The van der Waals surface area contributed by atoms with Crippen LogP contribution < -0.4 is 10.9 Å². The highest BCUT2D eigenvalue weighted by atomic mass is 32.1. The first-order chi connectivity index (χ1) is 12.3. The molecule has 2 rings (SSSR count). The minimum absolute atomic E-state index is 0.00713. The van der Waals surface area contributed by atoms with Crippen molar-refractivity contribution in [3.63, 3.8) is 0 Å². The van der Waals surface area contributed by atoms with Crippen LogP contribution in [0, 0.1) is 11.7 Å². The van der Waals surface area contributed by atoms with Crippen molar-refractivity contribution < 1.29 is 19.8 Å². The first kappa shape index (κ1) is 19.1. The van der Waals surface area contributed by atoms with Crippen molar-refractivity contribution in [1.82, 2.24) is 14.9 Å². The van der Waals surface area contributed by atoms with Gasteiger partial charge in [-0.3, -0.25) is 28.9 Å². The quantitative estimate of drug-likeness (QED) is 0.429. The molecule has 136 valence electrons. The lowest BCUT2D eigenvalue weighted by Crippen LogP contribution is -2.31. The van der Waals surface area contributed by atoms with Crippen LogP contribution in [0.4, 0.5) is 0 Å². The Hall–Kier alpha value is -3.27. The fourth-order valence-electron chi connectivity index (χ4n) is 2.04. The molecule has 4 N–H and O–H groups in total. The Labute approximate surface area is 152 Å². The van der Waals surface area contributed by atoms with E-state index in [2.05, 4.69) is 15.3 Å². The summed E-state index contributed by atoms with van der Waals surface area (Å²) in [7, 11) is 0. The number of aliphatic imine (C=N–C) groups is 1. The molecule has 1 aromatic carbocycles. The molecule has 0 unspecified atom stereocenters. The topological polar surface area (TPSA) is 137 Å². The molecule has 0 aliphatic rings. The molecule has 0 atom stereocenters. The van der Waals surface area contributed by atoms with Crippen LogP contribution in [0.2, 0.25) is 0 Å². The number of nitrogens with one attached hydrogen (secondary N) is 2. The van der Waals surface area contributed by atoms with Crippen LogP contribution in [-0.2, 0) is 9.59 Å². The Morgan fingerprint density at radius 2 is 2.00 bits per heavy atom. The fourth-order valence-corrected chi connectivity index (χ4v) is 2.32. The molecule has 0 saturated heterocycles. The summed E-state index contributed by atoms with van der Waals surface area (Å²) in [6.45, 7) is 0.980. The number of nitrogens with zero attached hydrogens (tertiary/aromatic N) is 2. The molecule has 1 aromatic heterocycles. The zero-order chi connectivity index (χ0) is 19.3. The maximum atomic E-state index is 12.0. The van der Waals surface area contributed by atoms with E-state index in [0.717, 1.165) is 11.8 Å². The standard InChI is InChI=1S/C16H16N4O5S/c1-9-2-4-10(5-3-9)20-15(25)11(14(24)19-16(20)26)6-17-7-12(21)18-8-13(22)23/h2-6,25H,7-8H2,1H3,(H,18,21)(H,22,23)(H,19,24,26). The molecule has 9 nitrogen and oxygen atoms in total. The van der Waals surface area contributed by atoms with Gasteiger partial charge in [-0.15, -0.1) is 0 Å². The number of aryl methyl sites for hydroxylation is 1. The normalized spacial score (nSPS) is 10.8. The second-order valence-electron chi connectivity index (χ2n) is 5.31. The van der Waals surface area contributed by atoms with Crippen LogP contribution in [-0.4, -0.2) is 50.9 Å². The number of hydrogen-bond acceptors (Lipinski definition) is 6. The molecule has 1 heterocycles. The highest BCUT2D eigenvalue weighted by Crippen LogP contribution is 2.18. The van der Waals surface area contributed by atoms with Gasteiger partial charge in [0, 0.05) is 6.21 Å². The molecular formula is C16H16N4O5S. The molecule has 10 heteroatoms. The van der Waals surface area contributed by atoms with Gasteiger partial charge in [-0.2, -0.15) is 0 Å². The summed E-state index contributed by atoms with van der Waals surface area (Å²) in [5.41, 5.74) is 0.720. The lowest BCUT2D eigenvalue weighted by atomic mass is 10.2. The van der Waals surface area contributed by atoms with Gasteiger partial charge in [-0.25, -0.2) is 0 Å². The first-order valence-corrected chi connectivity index (χ1v) is 7.84. The SMILES string of the molecule is Cc1ccc(-n2c(O)c(C=NCC(=O)NCC(=O)O)c(=O)[nH]c2=S)cc1. The Morgan fingerprint density at radius 3 is 2.62 bits per heavy atom. The molecule has 0 aliphatic heterocycles. The minimum atomic E-state index is -1.18. The van der Waals surface area contributed by atoms with Crippen molar-refractivity contribution in [1.29, 1.82) is 0 Å². The number of aromatic nitrogens is 2. The second kappa shape index (κ2) is 8.21. The summed E-state index contributed by atoms with van der Waals surface area (Å²) in [5, 5.41) is 21.0. The van der Waals surface area contributed by atoms with Gasteiger partial charge in [0.05, 0.1) is 5.69 Å². The van der Waals surface area contributed by atoms with Crippen LogP contribution >= 0.6 is 12.2 Å². The smallest absolute Gasteiger partial charge is 0.322 e. The van der Waals surface area contributed by atoms with Gasteiger partial charge in [-0.1, -0.05) is 17.7 Å². The van der Waals surface area contributed by atoms with E-state index in [0.29, 0.717) is 5.69 Å². The van der Waals surface area contributed by atoms with Crippen LogP contribution in [0.15, 0.2) is 34.1 Å². The molecule has 0 saturated carbocycles. The van der Waals surface area contributed by atoms with Crippen molar-refractivity contribution in [2.24, 2.45) is 4.99 Å². The summed E-state index contributed by atoms with van der Waals surface area (Å²) in [4.78, 5) is 40.0. The van der Waals surface area contributed by atoms with E-state index >= 15 is 0 Å². The molecule has 0 fully saturated rings. The van der Waals surface area contributed by atoms with E-state index in [1.165, 1.54) is 4.57 Å².